The Labute approximate surface area is 157 Å². The summed E-state index contributed by atoms with van der Waals surface area (Å²) in [6, 6.07) is 3.34. The lowest BCUT2D eigenvalue weighted by molar-refractivity contribution is -0.157. The van der Waals surface area contributed by atoms with Crippen molar-refractivity contribution >= 4 is 17.8 Å². The van der Waals surface area contributed by atoms with Gasteiger partial charge >= 0.3 is 5.97 Å². The SMILES string of the molecule is CC(C)(C)OC(=O)COc1cccc(C(=O)NC2CCCCNC2=O)c1F. The minimum absolute atomic E-state index is 0.237. The summed E-state index contributed by atoms with van der Waals surface area (Å²) in [6.45, 7) is 5.21. The van der Waals surface area contributed by atoms with Crippen LogP contribution in [0.25, 0.3) is 0 Å². The Morgan fingerprint density at radius 1 is 1.30 bits per heavy atom. The normalized spacial score (nSPS) is 17.5. The van der Waals surface area contributed by atoms with Crippen LogP contribution in [0.15, 0.2) is 18.2 Å². The maximum Gasteiger partial charge on any atom is 0.344 e. The van der Waals surface area contributed by atoms with E-state index in [-0.39, 0.29) is 17.2 Å². The Hall–Kier alpha value is -2.64. The second-order valence-electron chi connectivity index (χ2n) is 7.31. The largest absolute Gasteiger partial charge is 0.479 e. The molecule has 1 aromatic rings. The molecular formula is C19H25FN2O5. The quantitative estimate of drug-likeness (QED) is 0.762. The van der Waals surface area contributed by atoms with Gasteiger partial charge in [0.15, 0.2) is 18.2 Å². The van der Waals surface area contributed by atoms with Crippen LogP contribution in [-0.2, 0) is 14.3 Å². The number of rotatable bonds is 5. The van der Waals surface area contributed by atoms with Crippen LogP contribution in [0.4, 0.5) is 4.39 Å². The predicted octanol–water partition coefficient (Wildman–Crippen LogP) is 1.94. The first-order chi connectivity index (χ1) is 12.7. The molecule has 2 rings (SSSR count). The third-order valence-corrected chi connectivity index (χ3v) is 3.81. The molecule has 1 unspecified atom stereocenters. The lowest BCUT2D eigenvalue weighted by Crippen LogP contribution is -2.45. The topological polar surface area (TPSA) is 93.7 Å². The van der Waals surface area contributed by atoms with E-state index in [0.29, 0.717) is 13.0 Å². The summed E-state index contributed by atoms with van der Waals surface area (Å²) in [5, 5.41) is 5.26. The zero-order valence-corrected chi connectivity index (χ0v) is 15.8. The van der Waals surface area contributed by atoms with Gasteiger partial charge < -0.3 is 20.1 Å². The molecule has 1 aromatic carbocycles. The fraction of sp³-hybridized carbons (Fsp3) is 0.526. The van der Waals surface area contributed by atoms with Gasteiger partial charge in [-0.2, -0.15) is 0 Å². The Bertz CT molecular complexity index is 715. The van der Waals surface area contributed by atoms with Crippen molar-refractivity contribution in [3.05, 3.63) is 29.6 Å². The summed E-state index contributed by atoms with van der Waals surface area (Å²) in [5.74, 6) is -2.77. The van der Waals surface area contributed by atoms with E-state index in [1.165, 1.54) is 18.2 Å². The molecule has 2 N–H and O–H groups in total. The van der Waals surface area contributed by atoms with Crippen molar-refractivity contribution in [2.75, 3.05) is 13.2 Å². The van der Waals surface area contributed by atoms with Gasteiger partial charge in [-0.1, -0.05) is 6.07 Å². The zero-order chi connectivity index (χ0) is 20.0. The number of esters is 1. The number of hydrogen-bond acceptors (Lipinski definition) is 5. The van der Waals surface area contributed by atoms with E-state index in [9.17, 15) is 18.8 Å². The van der Waals surface area contributed by atoms with Crippen molar-refractivity contribution in [2.45, 2.75) is 51.7 Å². The van der Waals surface area contributed by atoms with Gasteiger partial charge in [0.1, 0.15) is 11.6 Å². The highest BCUT2D eigenvalue weighted by Gasteiger charge is 2.25. The molecule has 8 heteroatoms. The molecule has 0 aromatic heterocycles. The molecule has 27 heavy (non-hydrogen) atoms. The molecule has 1 atom stereocenters. The lowest BCUT2D eigenvalue weighted by atomic mass is 10.1. The number of benzene rings is 1. The van der Waals surface area contributed by atoms with E-state index < -0.39 is 35.9 Å². The maximum atomic E-state index is 14.6. The van der Waals surface area contributed by atoms with Crippen molar-refractivity contribution in [1.29, 1.82) is 0 Å². The number of hydrogen-bond donors (Lipinski definition) is 2. The minimum atomic E-state index is -0.896. The van der Waals surface area contributed by atoms with Gasteiger partial charge in [0.2, 0.25) is 5.91 Å². The fourth-order valence-electron chi connectivity index (χ4n) is 2.62. The molecule has 1 aliphatic rings. The molecule has 1 aliphatic heterocycles. The maximum absolute atomic E-state index is 14.6. The van der Waals surface area contributed by atoms with Gasteiger partial charge in [0.25, 0.3) is 5.91 Å². The monoisotopic (exact) mass is 380 g/mol. The van der Waals surface area contributed by atoms with Gasteiger partial charge in [-0.15, -0.1) is 0 Å². The summed E-state index contributed by atoms with van der Waals surface area (Å²) in [7, 11) is 0. The highest BCUT2D eigenvalue weighted by atomic mass is 19.1. The van der Waals surface area contributed by atoms with E-state index in [1.807, 2.05) is 0 Å². The molecule has 148 valence electrons. The van der Waals surface area contributed by atoms with Crippen molar-refractivity contribution < 1.29 is 28.2 Å². The molecular weight excluding hydrogens is 355 g/mol. The van der Waals surface area contributed by atoms with E-state index in [2.05, 4.69) is 10.6 Å². The number of ether oxygens (including phenoxy) is 2. The van der Waals surface area contributed by atoms with Gasteiger partial charge in [-0.3, -0.25) is 9.59 Å². The Morgan fingerprint density at radius 2 is 2.04 bits per heavy atom. The van der Waals surface area contributed by atoms with Gasteiger partial charge in [0, 0.05) is 6.54 Å². The minimum Gasteiger partial charge on any atom is -0.479 e. The van der Waals surface area contributed by atoms with E-state index in [1.54, 1.807) is 20.8 Å². The van der Waals surface area contributed by atoms with Crippen LogP contribution in [0.3, 0.4) is 0 Å². The first-order valence-corrected chi connectivity index (χ1v) is 8.89. The van der Waals surface area contributed by atoms with Gasteiger partial charge in [0.05, 0.1) is 5.56 Å². The van der Waals surface area contributed by atoms with Crippen LogP contribution < -0.4 is 15.4 Å². The van der Waals surface area contributed by atoms with Crippen LogP contribution in [0.2, 0.25) is 0 Å². The summed E-state index contributed by atoms with van der Waals surface area (Å²) < 4.78 is 24.9. The summed E-state index contributed by atoms with van der Waals surface area (Å²) in [6.07, 6.45) is 2.11. The van der Waals surface area contributed by atoms with Crippen molar-refractivity contribution in [3.63, 3.8) is 0 Å². The molecule has 0 radical (unpaired) electrons. The predicted molar refractivity (Wildman–Crippen MR) is 95.9 cm³/mol. The molecule has 0 spiro atoms. The number of carbonyl (C=O) groups excluding carboxylic acids is 3. The number of halogens is 1. The first-order valence-electron chi connectivity index (χ1n) is 8.89. The summed E-state index contributed by atoms with van der Waals surface area (Å²) in [5.41, 5.74) is -0.936. The number of carbonyl (C=O) groups is 3. The Morgan fingerprint density at radius 3 is 2.74 bits per heavy atom. The highest BCUT2D eigenvalue weighted by Crippen LogP contribution is 2.21. The number of nitrogens with one attached hydrogen (secondary N) is 2. The second kappa shape index (κ2) is 8.83. The van der Waals surface area contributed by atoms with E-state index in [0.717, 1.165) is 12.8 Å². The summed E-state index contributed by atoms with van der Waals surface area (Å²) >= 11 is 0. The Balaban J connectivity index is 2.03. The van der Waals surface area contributed by atoms with Crippen molar-refractivity contribution in [2.24, 2.45) is 0 Å². The smallest absolute Gasteiger partial charge is 0.344 e. The van der Waals surface area contributed by atoms with Crippen molar-refractivity contribution in [1.82, 2.24) is 10.6 Å². The fourth-order valence-corrected chi connectivity index (χ4v) is 2.62. The molecule has 0 saturated carbocycles. The highest BCUT2D eigenvalue weighted by molar-refractivity contribution is 5.98. The third-order valence-electron chi connectivity index (χ3n) is 3.81. The van der Waals surface area contributed by atoms with Gasteiger partial charge in [-0.05, 0) is 52.2 Å². The van der Waals surface area contributed by atoms with Crippen molar-refractivity contribution in [3.8, 4) is 5.75 Å². The molecule has 2 amide bonds. The van der Waals surface area contributed by atoms with Crippen LogP contribution in [0, 0.1) is 5.82 Å². The van der Waals surface area contributed by atoms with Crippen LogP contribution >= 0.6 is 0 Å². The van der Waals surface area contributed by atoms with Gasteiger partial charge in [-0.25, -0.2) is 9.18 Å². The zero-order valence-electron chi connectivity index (χ0n) is 15.8. The Kier molecular flexibility index (Phi) is 6.76. The third kappa shape index (κ3) is 6.23. The molecule has 1 heterocycles. The average Bonchev–Trinajstić information content (AvgIpc) is 2.77. The van der Waals surface area contributed by atoms with E-state index >= 15 is 0 Å². The molecule has 0 aliphatic carbocycles. The average molecular weight is 380 g/mol. The standard InChI is InChI=1S/C19H25FN2O5/c1-19(2,3)27-15(23)11-26-14-9-6-7-12(16(14)20)17(24)22-13-8-4-5-10-21-18(13)25/h6-7,9,13H,4-5,8,10-11H2,1-3H3,(H,21,25)(H,22,24). The molecule has 1 saturated heterocycles. The molecule has 7 nitrogen and oxygen atoms in total. The molecule has 0 bridgehead atoms. The lowest BCUT2D eigenvalue weighted by Gasteiger charge is -2.19. The molecule has 1 fully saturated rings. The van der Waals surface area contributed by atoms with Crippen LogP contribution in [-0.4, -0.2) is 42.6 Å². The number of amides is 2. The van der Waals surface area contributed by atoms with Crippen LogP contribution in [0.1, 0.15) is 50.4 Å². The first kappa shape index (κ1) is 20.7. The summed E-state index contributed by atoms with van der Waals surface area (Å²) in [4.78, 5) is 36.0. The van der Waals surface area contributed by atoms with E-state index in [4.69, 9.17) is 9.47 Å². The second-order valence-corrected chi connectivity index (χ2v) is 7.31. The van der Waals surface area contributed by atoms with Crippen LogP contribution in [0.5, 0.6) is 5.75 Å².